The number of para-hydroxylation sites is 1. The van der Waals surface area contributed by atoms with E-state index in [0.29, 0.717) is 6.04 Å². The van der Waals surface area contributed by atoms with Crippen molar-refractivity contribution in [3.05, 3.63) is 30.3 Å². The number of rotatable bonds is 6. The van der Waals surface area contributed by atoms with Crippen LogP contribution < -0.4 is 5.32 Å². The molecule has 0 spiro atoms. The highest BCUT2D eigenvalue weighted by atomic mass is 32.2. The monoisotopic (exact) mass is 248 g/mol. The molecule has 1 aromatic carbocycles. The van der Waals surface area contributed by atoms with Crippen LogP contribution in [-0.4, -0.2) is 23.8 Å². The van der Waals surface area contributed by atoms with E-state index in [2.05, 4.69) is 47.6 Å². The molecule has 0 fully saturated rings. The number of aromatic amines is 1. The van der Waals surface area contributed by atoms with Gasteiger partial charge < -0.3 is 10.3 Å². The molecule has 0 saturated heterocycles. The van der Waals surface area contributed by atoms with Gasteiger partial charge in [0.2, 0.25) is 0 Å². The third-order valence-corrected chi connectivity index (χ3v) is 4.09. The van der Waals surface area contributed by atoms with Crippen LogP contribution in [-0.2, 0) is 0 Å². The zero-order chi connectivity index (χ0) is 12.1. The zero-order valence-corrected chi connectivity index (χ0v) is 11.3. The van der Waals surface area contributed by atoms with Crippen LogP contribution in [0.5, 0.6) is 0 Å². The maximum absolute atomic E-state index is 3.45. The Labute approximate surface area is 107 Å². The number of nitrogens with one attached hydrogen (secondary N) is 2. The minimum absolute atomic E-state index is 0.608. The molecule has 2 aromatic rings. The third-order valence-electron chi connectivity index (χ3n) is 2.99. The number of fused-ring (bicyclic) bond motifs is 1. The molecule has 2 nitrogen and oxygen atoms in total. The Morgan fingerprint density at radius 2 is 2.18 bits per heavy atom. The molecular weight excluding hydrogens is 228 g/mol. The summed E-state index contributed by atoms with van der Waals surface area (Å²) in [6.07, 6.45) is 2.47. The topological polar surface area (TPSA) is 27.8 Å². The van der Waals surface area contributed by atoms with Crippen LogP contribution in [0.3, 0.4) is 0 Å². The van der Waals surface area contributed by atoms with Crippen molar-refractivity contribution in [1.82, 2.24) is 10.3 Å². The van der Waals surface area contributed by atoms with Crippen molar-refractivity contribution in [3.63, 3.8) is 0 Å². The van der Waals surface area contributed by atoms with Crippen molar-refractivity contribution in [2.24, 2.45) is 0 Å². The highest BCUT2D eigenvalue weighted by Crippen LogP contribution is 2.24. The van der Waals surface area contributed by atoms with Crippen molar-refractivity contribution in [3.8, 4) is 0 Å². The van der Waals surface area contributed by atoms with Gasteiger partial charge in [0.25, 0.3) is 0 Å². The van der Waals surface area contributed by atoms with Crippen LogP contribution in [0, 0.1) is 0 Å². The number of benzene rings is 1. The van der Waals surface area contributed by atoms with Crippen molar-refractivity contribution >= 4 is 22.7 Å². The Balaban J connectivity index is 1.98. The van der Waals surface area contributed by atoms with E-state index in [1.54, 1.807) is 0 Å². The molecule has 2 rings (SSSR count). The minimum atomic E-state index is 0.608. The van der Waals surface area contributed by atoms with E-state index < -0.39 is 0 Å². The highest BCUT2D eigenvalue weighted by Gasteiger charge is 2.07. The summed E-state index contributed by atoms with van der Waals surface area (Å²) in [6.45, 7) is 2.23. The Hall–Kier alpha value is -0.930. The SMILES string of the molecule is CCCC(CSc1cc2ccccc2[nH]1)NC. The molecule has 1 atom stereocenters. The molecule has 2 N–H and O–H groups in total. The average molecular weight is 248 g/mol. The van der Waals surface area contributed by atoms with E-state index >= 15 is 0 Å². The number of hydrogen-bond acceptors (Lipinski definition) is 2. The fourth-order valence-electron chi connectivity index (χ4n) is 1.97. The largest absolute Gasteiger partial charge is 0.350 e. The van der Waals surface area contributed by atoms with Gasteiger partial charge in [-0.15, -0.1) is 11.8 Å². The molecule has 17 heavy (non-hydrogen) atoms. The first-order valence-electron chi connectivity index (χ1n) is 6.21. The molecule has 0 bridgehead atoms. The first-order chi connectivity index (χ1) is 8.33. The number of H-pyrrole nitrogens is 1. The van der Waals surface area contributed by atoms with Gasteiger partial charge in [-0.3, -0.25) is 0 Å². The lowest BCUT2D eigenvalue weighted by molar-refractivity contribution is 0.564. The average Bonchev–Trinajstić information content (AvgIpc) is 2.77. The van der Waals surface area contributed by atoms with Crippen LogP contribution in [0.4, 0.5) is 0 Å². The number of aromatic nitrogens is 1. The van der Waals surface area contributed by atoms with Crippen LogP contribution >= 0.6 is 11.8 Å². The Morgan fingerprint density at radius 1 is 1.35 bits per heavy atom. The summed E-state index contributed by atoms with van der Waals surface area (Å²) >= 11 is 1.90. The molecule has 3 heteroatoms. The minimum Gasteiger partial charge on any atom is -0.350 e. The second kappa shape index (κ2) is 6.12. The molecule has 1 heterocycles. The molecule has 0 aliphatic carbocycles. The number of thioether (sulfide) groups is 1. The lowest BCUT2D eigenvalue weighted by atomic mass is 10.2. The van der Waals surface area contributed by atoms with Gasteiger partial charge in [-0.1, -0.05) is 31.5 Å². The maximum Gasteiger partial charge on any atom is 0.0733 e. The van der Waals surface area contributed by atoms with Crippen LogP contribution in [0.2, 0.25) is 0 Å². The summed E-state index contributed by atoms with van der Waals surface area (Å²) in [5.41, 5.74) is 1.23. The molecule has 0 amide bonds. The third kappa shape index (κ3) is 3.27. The second-order valence-corrected chi connectivity index (χ2v) is 5.37. The van der Waals surface area contributed by atoms with E-state index in [1.165, 1.54) is 28.8 Å². The van der Waals surface area contributed by atoms with E-state index in [1.807, 2.05) is 18.8 Å². The first-order valence-corrected chi connectivity index (χ1v) is 7.20. The normalized spacial score (nSPS) is 13.1. The summed E-state index contributed by atoms with van der Waals surface area (Å²) < 4.78 is 0. The Morgan fingerprint density at radius 3 is 2.88 bits per heavy atom. The molecule has 1 aromatic heterocycles. The molecule has 0 aliphatic heterocycles. The van der Waals surface area contributed by atoms with E-state index in [9.17, 15) is 0 Å². The Bertz CT molecular complexity index is 431. The van der Waals surface area contributed by atoms with Gasteiger partial charge in [-0.2, -0.15) is 0 Å². The first kappa shape index (κ1) is 12.5. The Kier molecular flexibility index (Phi) is 4.51. The van der Waals surface area contributed by atoms with Crippen LogP contribution in [0.1, 0.15) is 19.8 Å². The van der Waals surface area contributed by atoms with Crippen molar-refractivity contribution in [1.29, 1.82) is 0 Å². The van der Waals surface area contributed by atoms with Gasteiger partial charge in [-0.25, -0.2) is 0 Å². The summed E-state index contributed by atoms with van der Waals surface area (Å²) in [4.78, 5) is 3.45. The zero-order valence-electron chi connectivity index (χ0n) is 10.5. The predicted octanol–water partition coefficient (Wildman–Crippen LogP) is 3.65. The predicted molar refractivity (Wildman–Crippen MR) is 76.8 cm³/mol. The molecule has 0 aliphatic rings. The molecule has 1 unspecified atom stereocenters. The fourth-order valence-corrected chi connectivity index (χ4v) is 3.08. The summed E-state index contributed by atoms with van der Waals surface area (Å²) in [7, 11) is 2.05. The van der Waals surface area contributed by atoms with Crippen molar-refractivity contribution < 1.29 is 0 Å². The lowest BCUT2D eigenvalue weighted by Gasteiger charge is -2.13. The van der Waals surface area contributed by atoms with Crippen LogP contribution in [0.15, 0.2) is 35.4 Å². The molecule has 0 saturated carbocycles. The van der Waals surface area contributed by atoms with Crippen molar-refractivity contribution in [2.75, 3.05) is 12.8 Å². The quantitative estimate of drug-likeness (QED) is 0.764. The van der Waals surface area contributed by atoms with Crippen molar-refractivity contribution in [2.45, 2.75) is 30.8 Å². The summed E-state index contributed by atoms with van der Waals surface area (Å²) in [5.74, 6) is 1.12. The fraction of sp³-hybridized carbons (Fsp3) is 0.429. The standard InChI is InChI=1S/C14H20N2S/c1-3-6-12(15-2)10-17-14-9-11-7-4-5-8-13(11)16-14/h4-5,7-9,12,15-16H,3,6,10H2,1-2H3. The highest BCUT2D eigenvalue weighted by molar-refractivity contribution is 7.99. The van der Waals surface area contributed by atoms with Gasteiger partial charge in [0.15, 0.2) is 0 Å². The summed E-state index contributed by atoms with van der Waals surface area (Å²) in [5, 5.41) is 5.94. The second-order valence-electron chi connectivity index (χ2n) is 4.31. The van der Waals surface area contributed by atoms with E-state index in [4.69, 9.17) is 0 Å². The molecule has 92 valence electrons. The van der Waals surface area contributed by atoms with Gasteiger partial charge in [0.05, 0.1) is 5.03 Å². The van der Waals surface area contributed by atoms with Gasteiger partial charge in [-0.05, 0) is 25.6 Å². The van der Waals surface area contributed by atoms with Gasteiger partial charge in [0, 0.05) is 22.7 Å². The van der Waals surface area contributed by atoms with E-state index in [0.717, 1.165) is 5.75 Å². The smallest absolute Gasteiger partial charge is 0.0733 e. The molecular formula is C14H20N2S. The number of hydrogen-bond donors (Lipinski definition) is 2. The van der Waals surface area contributed by atoms with Crippen LogP contribution in [0.25, 0.3) is 10.9 Å². The van der Waals surface area contributed by atoms with Gasteiger partial charge in [0.1, 0.15) is 0 Å². The van der Waals surface area contributed by atoms with Gasteiger partial charge >= 0.3 is 0 Å². The summed E-state index contributed by atoms with van der Waals surface area (Å²) in [6, 6.07) is 11.3. The van der Waals surface area contributed by atoms with E-state index in [-0.39, 0.29) is 0 Å². The lowest BCUT2D eigenvalue weighted by Crippen LogP contribution is -2.27. The molecule has 0 radical (unpaired) electrons. The maximum atomic E-state index is 3.45.